The van der Waals surface area contributed by atoms with Gasteiger partial charge in [0.25, 0.3) is 0 Å². The van der Waals surface area contributed by atoms with E-state index in [1.807, 2.05) is 0 Å². The highest BCUT2D eigenvalue weighted by Crippen LogP contribution is 2.33. The van der Waals surface area contributed by atoms with Crippen molar-refractivity contribution in [3.05, 3.63) is 0 Å². The summed E-state index contributed by atoms with van der Waals surface area (Å²) >= 11 is 0. The third-order valence-electron chi connectivity index (χ3n) is 3.84. The molecule has 0 radical (unpaired) electrons. The van der Waals surface area contributed by atoms with Gasteiger partial charge in [0, 0.05) is 12.6 Å². The minimum absolute atomic E-state index is 0.0538. The first-order valence-corrected chi connectivity index (χ1v) is 6.15. The van der Waals surface area contributed by atoms with Gasteiger partial charge in [-0.2, -0.15) is 0 Å². The van der Waals surface area contributed by atoms with Crippen molar-refractivity contribution in [1.29, 1.82) is 0 Å². The number of hydrogen-bond donors (Lipinski definition) is 1. The lowest BCUT2D eigenvalue weighted by atomic mass is 9.94. The van der Waals surface area contributed by atoms with E-state index in [0.717, 1.165) is 12.6 Å². The van der Waals surface area contributed by atoms with Gasteiger partial charge in [0.2, 0.25) is 0 Å². The largest absolute Gasteiger partial charge is 0.392 e. The molecule has 82 valence electrons. The molecule has 2 saturated carbocycles. The molecule has 14 heavy (non-hydrogen) atoms. The zero-order chi connectivity index (χ0) is 9.97. The first-order valence-electron chi connectivity index (χ1n) is 6.15. The fraction of sp³-hybridized carbons (Fsp3) is 1.00. The van der Waals surface area contributed by atoms with E-state index < -0.39 is 0 Å². The third kappa shape index (κ3) is 2.71. The summed E-state index contributed by atoms with van der Waals surface area (Å²) in [7, 11) is 2.18. The summed E-state index contributed by atoms with van der Waals surface area (Å²) in [5.74, 6) is 0.626. The van der Waals surface area contributed by atoms with E-state index in [0.29, 0.717) is 5.92 Å². The Bertz CT molecular complexity index is 173. The Morgan fingerprint density at radius 3 is 2.36 bits per heavy atom. The van der Waals surface area contributed by atoms with Gasteiger partial charge in [-0.05, 0) is 38.6 Å². The van der Waals surface area contributed by atoms with Crippen LogP contribution in [-0.2, 0) is 0 Å². The predicted octanol–water partition coefficient (Wildman–Crippen LogP) is 2.02. The number of hydrogen-bond acceptors (Lipinski definition) is 2. The van der Waals surface area contributed by atoms with E-state index in [9.17, 15) is 5.11 Å². The summed E-state index contributed by atoms with van der Waals surface area (Å²) < 4.78 is 0. The lowest BCUT2D eigenvalue weighted by molar-refractivity contribution is 0.0774. The summed E-state index contributed by atoms with van der Waals surface area (Å²) in [5, 5.41) is 9.85. The Kier molecular flexibility index (Phi) is 3.45. The normalized spacial score (nSPS) is 26.8. The molecule has 1 N–H and O–H groups in total. The molecule has 0 amide bonds. The quantitative estimate of drug-likeness (QED) is 0.745. The summed E-state index contributed by atoms with van der Waals surface area (Å²) in [4.78, 5) is 2.39. The highest BCUT2D eigenvalue weighted by molar-refractivity contribution is 4.84. The van der Waals surface area contributed by atoms with Gasteiger partial charge in [-0.1, -0.05) is 19.3 Å². The first-order chi connectivity index (χ1) is 6.77. The van der Waals surface area contributed by atoms with E-state index >= 15 is 0 Å². The molecule has 0 aromatic heterocycles. The molecule has 0 aliphatic heterocycles. The molecule has 0 aromatic carbocycles. The van der Waals surface area contributed by atoms with E-state index in [-0.39, 0.29) is 6.10 Å². The van der Waals surface area contributed by atoms with E-state index in [1.54, 1.807) is 0 Å². The van der Waals surface area contributed by atoms with Crippen molar-refractivity contribution < 1.29 is 5.11 Å². The van der Waals surface area contributed by atoms with Crippen molar-refractivity contribution in [2.45, 2.75) is 57.1 Å². The number of aliphatic hydroxyl groups is 1. The Morgan fingerprint density at radius 1 is 1.14 bits per heavy atom. The van der Waals surface area contributed by atoms with Crippen LogP contribution in [0.25, 0.3) is 0 Å². The van der Waals surface area contributed by atoms with Crippen LogP contribution in [-0.4, -0.2) is 35.7 Å². The molecule has 0 bridgehead atoms. The molecule has 2 nitrogen and oxygen atoms in total. The molecule has 0 aromatic rings. The summed E-state index contributed by atoms with van der Waals surface area (Å²) in [5.41, 5.74) is 0. The Balaban J connectivity index is 1.72. The third-order valence-corrected chi connectivity index (χ3v) is 3.84. The Labute approximate surface area is 87.3 Å². The summed E-state index contributed by atoms with van der Waals surface area (Å²) in [6.45, 7) is 0.898. The lowest BCUT2D eigenvalue weighted by Gasteiger charge is -2.32. The zero-order valence-electron chi connectivity index (χ0n) is 9.28. The molecule has 2 rings (SSSR count). The predicted molar refractivity (Wildman–Crippen MR) is 58.2 cm³/mol. The first kappa shape index (κ1) is 10.4. The smallest absolute Gasteiger partial charge is 0.0695 e. The molecule has 2 aliphatic carbocycles. The number of likely N-dealkylation sites (N-methyl/N-ethyl adjacent to an activating group) is 1. The number of aliphatic hydroxyl groups excluding tert-OH is 1. The van der Waals surface area contributed by atoms with Crippen LogP contribution in [0.2, 0.25) is 0 Å². The van der Waals surface area contributed by atoms with Gasteiger partial charge in [-0.3, -0.25) is 0 Å². The molecular formula is C12H23NO. The lowest BCUT2D eigenvalue weighted by Crippen LogP contribution is -2.39. The van der Waals surface area contributed by atoms with E-state index in [2.05, 4.69) is 11.9 Å². The van der Waals surface area contributed by atoms with Crippen molar-refractivity contribution >= 4 is 0 Å². The van der Waals surface area contributed by atoms with Crippen LogP contribution >= 0.6 is 0 Å². The minimum Gasteiger partial charge on any atom is -0.392 e. The highest BCUT2D eigenvalue weighted by atomic mass is 16.3. The summed E-state index contributed by atoms with van der Waals surface area (Å²) in [6, 6.07) is 0.747. The fourth-order valence-corrected chi connectivity index (χ4v) is 2.60. The average Bonchev–Trinajstić information content (AvgIpc) is 3.02. The van der Waals surface area contributed by atoms with Crippen LogP contribution in [0.1, 0.15) is 44.9 Å². The molecule has 0 saturated heterocycles. The Morgan fingerprint density at radius 2 is 1.79 bits per heavy atom. The van der Waals surface area contributed by atoms with Gasteiger partial charge >= 0.3 is 0 Å². The second kappa shape index (κ2) is 4.63. The topological polar surface area (TPSA) is 23.5 Å². The van der Waals surface area contributed by atoms with Crippen LogP contribution < -0.4 is 0 Å². The van der Waals surface area contributed by atoms with Crippen molar-refractivity contribution in [3.8, 4) is 0 Å². The summed E-state index contributed by atoms with van der Waals surface area (Å²) in [6.07, 6.45) is 9.31. The fourth-order valence-electron chi connectivity index (χ4n) is 2.60. The zero-order valence-corrected chi connectivity index (χ0v) is 9.28. The second-order valence-corrected chi connectivity index (χ2v) is 5.14. The highest BCUT2D eigenvalue weighted by Gasteiger charge is 2.31. The maximum Gasteiger partial charge on any atom is 0.0695 e. The van der Waals surface area contributed by atoms with Gasteiger partial charge in [-0.25, -0.2) is 0 Å². The van der Waals surface area contributed by atoms with Crippen LogP contribution in [0, 0.1) is 5.92 Å². The van der Waals surface area contributed by atoms with Crippen molar-refractivity contribution in [3.63, 3.8) is 0 Å². The van der Waals surface area contributed by atoms with Crippen LogP contribution in [0.4, 0.5) is 0 Å². The molecule has 2 heteroatoms. The molecule has 0 heterocycles. The van der Waals surface area contributed by atoms with Crippen LogP contribution in [0.3, 0.4) is 0 Å². The maximum absolute atomic E-state index is 9.85. The second-order valence-electron chi connectivity index (χ2n) is 5.14. The minimum atomic E-state index is -0.0538. The molecule has 2 aliphatic rings. The molecule has 1 unspecified atom stereocenters. The van der Waals surface area contributed by atoms with Crippen LogP contribution in [0.15, 0.2) is 0 Å². The number of rotatable bonds is 4. The van der Waals surface area contributed by atoms with Crippen LogP contribution in [0.5, 0.6) is 0 Å². The average molecular weight is 197 g/mol. The standard InChI is InChI=1S/C12H23NO/c1-13(9-12(14)10-7-8-10)11-5-3-2-4-6-11/h10-12,14H,2-9H2,1H3. The van der Waals surface area contributed by atoms with Crippen molar-refractivity contribution in [2.75, 3.05) is 13.6 Å². The van der Waals surface area contributed by atoms with Crippen molar-refractivity contribution in [2.24, 2.45) is 5.92 Å². The van der Waals surface area contributed by atoms with Crippen molar-refractivity contribution in [1.82, 2.24) is 4.90 Å². The van der Waals surface area contributed by atoms with Gasteiger partial charge < -0.3 is 10.0 Å². The molecule has 2 fully saturated rings. The van der Waals surface area contributed by atoms with Gasteiger partial charge in [0.05, 0.1) is 6.10 Å². The van der Waals surface area contributed by atoms with Gasteiger partial charge in [0.1, 0.15) is 0 Å². The monoisotopic (exact) mass is 197 g/mol. The maximum atomic E-state index is 9.85. The molecule has 1 atom stereocenters. The molecular weight excluding hydrogens is 174 g/mol. The van der Waals surface area contributed by atoms with Gasteiger partial charge in [-0.15, -0.1) is 0 Å². The molecule has 0 spiro atoms. The SMILES string of the molecule is CN(CC(O)C1CC1)C1CCCCC1. The van der Waals surface area contributed by atoms with E-state index in [1.165, 1.54) is 44.9 Å². The van der Waals surface area contributed by atoms with Gasteiger partial charge in [0.15, 0.2) is 0 Å². The van der Waals surface area contributed by atoms with E-state index in [4.69, 9.17) is 0 Å². The number of nitrogens with zero attached hydrogens (tertiary/aromatic N) is 1. The Hall–Kier alpha value is -0.0800.